The Kier molecular flexibility index (Phi) is 9.01. The van der Waals surface area contributed by atoms with Crippen molar-refractivity contribution in [3.63, 3.8) is 0 Å². The zero-order chi connectivity index (χ0) is 51.1. The number of para-hydroxylation sites is 4. The van der Waals surface area contributed by atoms with Crippen molar-refractivity contribution >= 4 is 21.5 Å². The topological polar surface area (TPSA) is 18.5 Å². The van der Waals surface area contributed by atoms with Gasteiger partial charge in [-0.3, -0.25) is 0 Å². The van der Waals surface area contributed by atoms with Gasteiger partial charge in [0.25, 0.3) is 0 Å². The van der Waals surface area contributed by atoms with Crippen molar-refractivity contribution in [2.45, 2.75) is 10.8 Å². The lowest BCUT2D eigenvalue weighted by molar-refractivity contribution is 0.438. The molecular weight excluding hydrogens is 945 g/mol. The van der Waals surface area contributed by atoms with E-state index in [1.807, 2.05) is 0 Å². The highest BCUT2D eigenvalue weighted by Gasteiger charge is 2.53. The second-order valence-electron chi connectivity index (χ2n) is 21.2. The molecule has 0 unspecified atom stereocenters. The summed E-state index contributed by atoms with van der Waals surface area (Å²) < 4.78 is 14.7. The summed E-state index contributed by atoms with van der Waals surface area (Å²) in [5.74, 6) is 3.49. The van der Waals surface area contributed by atoms with E-state index < -0.39 is 10.8 Å². The fourth-order valence-electron chi connectivity index (χ4n) is 14.7. The summed E-state index contributed by atoms with van der Waals surface area (Å²) in [6, 6.07) is 103. The molecule has 2 heteroatoms. The lowest BCUT2D eigenvalue weighted by Gasteiger charge is -2.40. The molecule has 0 fully saturated rings. The fourth-order valence-corrected chi connectivity index (χ4v) is 14.7. The van der Waals surface area contributed by atoms with E-state index in [4.69, 9.17) is 9.47 Å². The Morgan fingerprint density at radius 1 is 0.205 bits per heavy atom. The molecule has 2 aliphatic heterocycles. The summed E-state index contributed by atoms with van der Waals surface area (Å²) in [7, 11) is 0. The molecule has 0 saturated heterocycles. The van der Waals surface area contributed by atoms with Crippen LogP contribution in [-0.2, 0) is 10.8 Å². The Balaban J connectivity index is 0.970. The quantitative estimate of drug-likeness (QED) is 0.164. The van der Waals surface area contributed by atoms with Gasteiger partial charge in [-0.25, -0.2) is 0 Å². The van der Waals surface area contributed by atoms with Crippen LogP contribution in [-0.4, -0.2) is 0 Å². The van der Waals surface area contributed by atoms with Crippen LogP contribution in [0.3, 0.4) is 0 Å². The minimum Gasteiger partial charge on any atom is -0.456 e. The third-order valence-electron chi connectivity index (χ3n) is 17.7. The van der Waals surface area contributed by atoms with Crippen molar-refractivity contribution in [3.8, 4) is 89.8 Å². The van der Waals surface area contributed by atoms with Crippen LogP contribution in [0, 0.1) is 0 Å². The van der Waals surface area contributed by atoms with Crippen molar-refractivity contribution < 1.29 is 9.47 Å². The second-order valence-corrected chi connectivity index (χ2v) is 21.2. The normalized spacial score (nSPS) is 14.1. The molecule has 2 spiro atoms. The van der Waals surface area contributed by atoms with Gasteiger partial charge in [0.2, 0.25) is 0 Å². The molecule has 2 aliphatic carbocycles. The second kappa shape index (κ2) is 16.2. The minimum absolute atomic E-state index is 0.597. The molecule has 17 rings (SSSR count). The van der Waals surface area contributed by atoms with Crippen LogP contribution in [0.25, 0.3) is 88.3 Å². The van der Waals surface area contributed by atoms with Crippen LogP contribution < -0.4 is 9.47 Å². The first-order chi connectivity index (χ1) is 38.7. The Morgan fingerprint density at radius 2 is 0.526 bits per heavy atom. The van der Waals surface area contributed by atoms with E-state index in [1.54, 1.807) is 0 Å². The predicted molar refractivity (Wildman–Crippen MR) is 318 cm³/mol. The minimum atomic E-state index is -0.597. The van der Waals surface area contributed by atoms with Crippen molar-refractivity contribution in [1.82, 2.24) is 0 Å². The van der Waals surface area contributed by atoms with Crippen molar-refractivity contribution in [2.75, 3.05) is 0 Å². The summed E-state index contributed by atoms with van der Waals surface area (Å²) in [6.45, 7) is 0. The smallest absolute Gasteiger partial charge is 0.140 e. The standard InChI is InChI=1S/C76H46O2/c1-2-22-47(23-3-1)48-24-4-5-29-55(48)72-56-32-18-30-49(58-34-20-42-68-73(58)77-70-44-16-14-40-66(70)75(68)62-36-10-6-25-51(62)52-26-7-11-37-63(52)75)60(56)46-61-50(31-19-33-57(61)72)59-35-21-43-69-74(59)78-71-45-17-15-41-67(71)76(69)64-38-12-8-27-53(64)54-28-9-13-39-65(54)76/h1-46H. The number of hydrogen-bond donors (Lipinski definition) is 0. The van der Waals surface area contributed by atoms with Crippen LogP contribution in [0.5, 0.6) is 23.0 Å². The largest absolute Gasteiger partial charge is 0.456 e. The monoisotopic (exact) mass is 990 g/mol. The molecule has 4 aliphatic rings. The highest BCUT2D eigenvalue weighted by Crippen LogP contribution is 2.65. The van der Waals surface area contributed by atoms with E-state index in [-0.39, 0.29) is 0 Å². The van der Waals surface area contributed by atoms with E-state index in [9.17, 15) is 0 Å². The van der Waals surface area contributed by atoms with Crippen molar-refractivity contribution in [2.24, 2.45) is 0 Å². The average Bonchev–Trinajstić information content (AvgIpc) is 4.17. The van der Waals surface area contributed by atoms with Gasteiger partial charge >= 0.3 is 0 Å². The zero-order valence-corrected chi connectivity index (χ0v) is 42.4. The molecule has 13 aromatic carbocycles. The Bertz CT molecular complexity index is 4350. The molecule has 0 saturated carbocycles. The summed E-state index contributed by atoms with van der Waals surface area (Å²) in [5, 5.41) is 4.61. The maximum atomic E-state index is 7.37. The zero-order valence-electron chi connectivity index (χ0n) is 42.4. The van der Waals surface area contributed by atoms with Gasteiger partial charge in [0.1, 0.15) is 23.0 Å². The van der Waals surface area contributed by atoms with Gasteiger partial charge in [-0.05, 0) is 118 Å². The number of ether oxygens (including phenoxy) is 2. The SMILES string of the molecule is c1ccc(-c2ccccc2-c2c3cccc(-c4cccc5c4Oc4ccccc4C54c5ccccc5-c5ccccc54)c3cc3c(-c4cccc5c4Oc4ccccc4C54c5ccccc5-c5ccccc54)cccc23)cc1. The lowest BCUT2D eigenvalue weighted by atomic mass is 9.65. The molecule has 0 radical (unpaired) electrons. The Labute approximate surface area is 452 Å². The first-order valence-electron chi connectivity index (χ1n) is 27.1. The summed E-state index contributed by atoms with van der Waals surface area (Å²) in [5.41, 5.74) is 22.5. The molecule has 2 heterocycles. The van der Waals surface area contributed by atoms with Crippen LogP contribution in [0.15, 0.2) is 279 Å². The molecule has 0 N–H and O–H groups in total. The van der Waals surface area contributed by atoms with Crippen LogP contribution in [0.4, 0.5) is 0 Å². The maximum absolute atomic E-state index is 7.37. The van der Waals surface area contributed by atoms with Crippen molar-refractivity contribution in [1.29, 1.82) is 0 Å². The number of fused-ring (bicyclic) bond motifs is 20. The first kappa shape index (κ1) is 43.2. The van der Waals surface area contributed by atoms with Crippen LogP contribution in [0.1, 0.15) is 44.5 Å². The number of rotatable bonds is 4. The summed E-state index contributed by atoms with van der Waals surface area (Å²) in [6.07, 6.45) is 0. The highest BCUT2D eigenvalue weighted by molar-refractivity contribution is 6.20. The highest BCUT2D eigenvalue weighted by atomic mass is 16.5. The fraction of sp³-hybridized carbons (Fsp3) is 0.0263. The van der Waals surface area contributed by atoms with E-state index >= 15 is 0 Å². The van der Waals surface area contributed by atoms with Gasteiger partial charge in [0.15, 0.2) is 0 Å². The third kappa shape index (κ3) is 5.60. The first-order valence-corrected chi connectivity index (χ1v) is 27.1. The summed E-state index contributed by atoms with van der Waals surface area (Å²) >= 11 is 0. The lowest BCUT2D eigenvalue weighted by Crippen LogP contribution is -2.32. The van der Waals surface area contributed by atoms with E-state index in [0.29, 0.717) is 0 Å². The third-order valence-corrected chi connectivity index (χ3v) is 17.7. The number of benzene rings is 13. The van der Waals surface area contributed by atoms with Gasteiger partial charge < -0.3 is 9.47 Å². The molecule has 2 nitrogen and oxygen atoms in total. The Morgan fingerprint density at radius 3 is 0.974 bits per heavy atom. The van der Waals surface area contributed by atoms with Gasteiger partial charge in [0, 0.05) is 33.4 Å². The van der Waals surface area contributed by atoms with E-state index in [1.165, 1.54) is 77.5 Å². The van der Waals surface area contributed by atoms with Gasteiger partial charge in [0.05, 0.1) is 10.8 Å². The Hall–Kier alpha value is -10.0. The van der Waals surface area contributed by atoms with E-state index in [0.717, 1.165) is 78.3 Å². The molecule has 362 valence electrons. The maximum Gasteiger partial charge on any atom is 0.140 e. The molecule has 0 atom stereocenters. The predicted octanol–water partition coefficient (Wildman–Crippen LogP) is 19.6. The van der Waals surface area contributed by atoms with Crippen LogP contribution >= 0.6 is 0 Å². The van der Waals surface area contributed by atoms with Gasteiger partial charge in [-0.2, -0.15) is 0 Å². The molecule has 0 bridgehead atoms. The molecule has 0 amide bonds. The average molecular weight is 991 g/mol. The van der Waals surface area contributed by atoms with Crippen LogP contribution in [0.2, 0.25) is 0 Å². The van der Waals surface area contributed by atoms with Gasteiger partial charge in [-0.15, -0.1) is 0 Å². The van der Waals surface area contributed by atoms with E-state index in [2.05, 4.69) is 279 Å². The molecule has 78 heavy (non-hydrogen) atoms. The van der Waals surface area contributed by atoms with Gasteiger partial charge in [-0.1, -0.05) is 261 Å². The molecule has 0 aromatic heterocycles. The number of hydrogen-bond acceptors (Lipinski definition) is 2. The molecular formula is C76H46O2. The molecule has 13 aromatic rings. The summed E-state index contributed by atoms with van der Waals surface area (Å²) in [4.78, 5) is 0. The van der Waals surface area contributed by atoms with Crippen molar-refractivity contribution in [3.05, 3.63) is 324 Å².